The van der Waals surface area contributed by atoms with Gasteiger partial charge in [0.25, 0.3) is 0 Å². The number of hydrogen-bond acceptors (Lipinski definition) is 6. The number of Topliss-reactive ketones (excluding diaryl/α,β-unsaturated/α-hetero) is 1. The van der Waals surface area contributed by atoms with Crippen LogP contribution in [-0.2, 0) is 32.1 Å². The number of ether oxygens (including phenoxy) is 3. The number of rotatable bonds is 12. The molecule has 0 spiro atoms. The standard InChI is InChI=1S/C24H29NO6/c1-3-29-23(27)22(25-24(28)31-17-20-9-5-4-6-10-20)16-19-11-13-21(14-12-19)30-15-7-8-18(2)26/h4-6,9-14,22H,3,7-8,15-17H2,1-2H3,(H,25,28)/t22-/m0/s1. The molecular formula is C24H29NO6. The zero-order valence-electron chi connectivity index (χ0n) is 18.0. The molecule has 2 aromatic carbocycles. The second-order valence-electron chi connectivity index (χ2n) is 7.01. The van der Waals surface area contributed by atoms with Crippen LogP contribution in [0.15, 0.2) is 54.6 Å². The Kier molecular flexibility index (Phi) is 10.1. The number of carbonyl (C=O) groups is 3. The van der Waals surface area contributed by atoms with Crippen LogP contribution in [0.1, 0.15) is 37.8 Å². The van der Waals surface area contributed by atoms with Crippen molar-refractivity contribution in [2.75, 3.05) is 13.2 Å². The van der Waals surface area contributed by atoms with Crippen molar-refractivity contribution in [2.24, 2.45) is 0 Å². The molecule has 0 saturated heterocycles. The predicted octanol–water partition coefficient (Wildman–Crippen LogP) is 3.84. The highest BCUT2D eigenvalue weighted by molar-refractivity contribution is 5.81. The number of hydrogen-bond donors (Lipinski definition) is 1. The number of ketones is 1. The van der Waals surface area contributed by atoms with Gasteiger partial charge >= 0.3 is 12.1 Å². The van der Waals surface area contributed by atoms with Gasteiger partial charge in [-0.2, -0.15) is 0 Å². The van der Waals surface area contributed by atoms with Crippen LogP contribution >= 0.6 is 0 Å². The molecule has 2 rings (SSSR count). The van der Waals surface area contributed by atoms with Crippen LogP contribution in [0.3, 0.4) is 0 Å². The van der Waals surface area contributed by atoms with Crippen molar-refractivity contribution in [3.8, 4) is 5.75 Å². The van der Waals surface area contributed by atoms with Crippen molar-refractivity contribution < 1.29 is 28.6 Å². The van der Waals surface area contributed by atoms with Gasteiger partial charge in [0.2, 0.25) is 0 Å². The molecule has 0 aliphatic rings. The van der Waals surface area contributed by atoms with Crippen LogP contribution in [0.2, 0.25) is 0 Å². The number of amides is 1. The summed E-state index contributed by atoms with van der Waals surface area (Å²) >= 11 is 0. The molecule has 0 unspecified atom stereocenters. The largest absolute Gasteiger partial charge is 0.494 e. The first-order chi connectivity index (χ1) is 15.0. The van der Waals surface area contributed by atoms with E-state index in [1.807, 2.05) is 42.5 Å². The molecule has 1 atom stereocenters. The SMILES string of the molecule is CCOC(=O)[C@H](Cc1ccc(OCCCC(C)=O)cc1)NC(=O)OCc1ccccc1. The Labute approximate surface area is 182 Å². The highest BCUT2D eigenvalue weighted by atomic mass is 16.6. The zero-order valence-corrected chi connectivity index (χ0v) is 18.0. The smallest absolute Gasteiger partial charge is 0.408 e. The summed E-state index contributed by atoms with van der Waals surface area (Å²) in [6.07, 6.45) is 0.721. The van der Waals surface area contributed by atoms with Crippen molar-refractivity contribution in [1.29, 1.82) is 0 Å². The Morgan fingerprint density at radius 1 is 0.935 bits per heavy atom. The lowest BCUT2D eigenvalue weighted by Gasteiger charge is -2.17. The Hall–Kier alpha value is -3.35. The fraction of sp³-hybridized carbons (Fsp3) is 0.375. The van der Waals surface area contributed by atoms with Crippen LogP contribution in [0.5, 0.6) is 5.75 Å². The molecule has 7 nitrogen and oxygen atoms in total. The monoisotopic (exact) mass is 427 g/mol. The number of esters is 1. The first kappa shape index (κ1) is 23.9. The second kappa shape index (κ2) is 13.1. The Balaban J connectivity index is 1.90. The highest BCUT2D eigenvalue weighted by Crippen LogP contribution is 2.15. The van der Waals surface area contributed by atoms with E-state index in [4.69, 9.17) is 14.2 Å². The quantitative estimate of drug-likeness (QED) is 0.409. The van der Waals surface area contributed by atoms with E-state index in [0.29, 0.717) is 25.2 Å². The van der Waals surface area contributed by atoms with Crippen molar-refractivity contribution >= 4 is 17.8 Å². The van der Waals surface area contributed by atoms with E-state index in [-0.39, 0.29) is 25.4 Å². The molecule has 7 heteroatoms. The van der Waals surface area contributed by atoms with E-state index in [9.17, 15) is 14.4 Å². The molecule has 0 aliphatic heterocycles. The van der Waals surface area contributed by atoms with Gasteiger partial charge in [0.15, 0.2) is 0 Å². The van der Waals surface area contributed by atoms with Crippen LogP contribution < -0.4 is 10.1 Å². The minimum Gasteiger partial charge on any atom is -0.494 e. The van der Waals surface area contributed by atoms with E-state index in [1.165, 1.54) is 0 Å². The van der Waals surface area contributed by atoms with Gasteiger partial charge in [-0.15, -0.1) is 0 Å². The van der Waals surface area contributed by atoms with Gasteiger partial charge in [-0.05, 0) is 43.5 Å². The average molecular weight is 427 g/mol. The molecule has 0 radical (unpaired) electrons. The number of carbonyl (C=O) groups excluding carboxylic acids is 3. The van der Waals surface area contributed by atoms with Crippen molar-refractivity contribution in [1.82, 2.24) is 5.32 Å². The lowest BCUT2D eigenvalue weighted by Crippen LogP contribution is -2.43. The van der Waals surface area contributed by atoms with Crippen LogP contribution in [-0.4, -0.2) is 37.1 Å². The molecule has 1 N–H and O–H groups in total. The Morgan fingerprint density at radius 3 is 2.29 bits per heavy atom. The third-order valence-electron chi connectivity index (χ3n) is 4.38. The summed E-state index contributed by atoms with van der Waals surface area (Å²) in [6.45, 7) is 4.04. The Morgan fingerprint density at radius 2 is 1.65 bits per heavy atom. The number of alkyl carbamates (subject to hydrolysis) is 1. The molecule has 31 heavy (non-hydrogen) atoms. The lowest BCUT2D eigenvalue weighted by molar-refractivity contribution is -0.145. The zero-order chi connectivity index (χ0) is 22.5. The maximum atomic E-state index is 12.3. The molecule has 0 saturated carbocycles. The summed E-state index contributed by atoms with van der Waals surface area (Å²) in [7, 11) is 0. The highest BCUT2D eigenvalue weighted by Gasteiger charge is 2.23. The van der Waals surface area contributed by atoms with E-state index in [0.717, 1.165) is 11.1 Å². The molecule has 0 aliphatic carbocycles. The van der Waals surface area contributed by atoms with E-state index in [1.54, 1.807) is 26.0 Å². The van der Waals surface area contributed by atoms with Crippen molar-refractivity contribution in [3.05, 3.63) is 65.7 Å². The molecule has 0 fully saturated rings. The van der Waals surface area contributed by atoms with Gasteiger partial charge in [-0.1, -0.05) is 42.5 Å². The normalized spacial score (nSPS) is 11.3. The number of benzene rings is 2. The lowest BCUT2D eigenvalue weighted by atomic mass is 10.1. The third kappa shape index (κ3) is 9.33. The summed E-state index contributed by atoms with van der Waals surface area (Å²) in [4.78, 5) is 35.5. The van der Waals surface area contributed by atoms with E-state index >= 15 is 0 Å². The topological polar surface area (TPSA) is 90.9 Å². The fourth-order valence-electron chi connectivity index (χ4n) is 2.81. The predicted molar refractivity (Wildman–Crippen MR) is 116 cm³/mol. The van der Waals surface area contributed by atoms with Gasteiger partial charge in [-0.3, -0.25) is 0 Å². The van der Waals surface area contributed by atoms with Crippen LogP contribution in [0.4, 0.5) is 4.79 Å². The van der Waals surface area contributed by atoms with Gasteiger partial charge in [-0.25, -0.2) is 9.59 Å². The van der Waals surface area contributed by atoms with Gasteiger partial charge in [0.05, 0.1) is 13.2 Å². The van der Waals surface area contributed by atoms with Gasteiger partial charge in [0, 0.05) is 12.8 Å². The summed E-state index contributed by atoms with van der Waals surface area (Å²) in [5.41, 5.74) is 1.68. The summed E-state index contributed by atoms with van der Waals surface area (Å²) in [5, 5.41) is 2.59. The first-order valence-corrected chi connectivity index (χ1v) is 10.3. The molecular weight excluding hydrogens is 398 g/mol. The fourth-order valence-corrected chi connectivity index (χ4v) is 2.81. The van der Waals surface area contributed by atoms with Crippen molar-refractivity contribution in [3.63, 3.8) is 0 Å². The molecule has 1 amide bonds. The number of nitrogens with one attached hydrogen (secondary N) is 1. The molecule has 0 heterocycles. The maximum Gasteiger partial charge on any atom is 0.408 e. The minimum atomic E-state index is -0.870. The van der Waals surface area contributed by atoms with E-state index in [2.05, 4.69) is 5.32 Å². The van der Waals surface area contributed by atoms with Crippen LogP contribution in [0.25, 0.3) is 0 Å². The molecule has 0 bridgehead atoms. The van der Waals surface area contributed by atoms with Crippen LogP contribution in [0, 0.1) is 0 Å². The van der Waals surface area contributed by atoms with Crippen molar-refractivity contribution in [2.45, 2.75) is 45.8 Å². The Bertz CT molecular complexity index is 835. The summed E-state index contributed by atoms with van der Waals surface area (Å²) in [6, 6.07) is 15.6. The minimum absolute atomic E-state index is 0.109. The van der Waals surface area contributed by atoms with E-state index < -0.39 is 18.1 Å². The summed E-state index contributed by atoms with van der Waals surface area (Å²) in [5.74, 6) is 0.290. The molecule has 166 valence electrons. The second-order valence-corrected chi connectivity index (χ2v) is 7.01. The summed E-state index contributed by atoms with van der Waals surface area (Å²) < 4.78 is 15.9. The molecule has 2 aromatic rings. The van der Waals surface area contributed by atoms with Gasteiger partial charge < -0.3 is 24.3 Å². The first-order valence-electron chi connectivity index (χ1n) is 10.3. The third-order valence-corrected chi connectivity index (χ3v) is 4.38. The molecule has 0 aromatic heterocycles. The van der Waals surface area contributed by atoms with Gasteiger partial charge in [0.1, 0.15) is 24.2 Å². The average Bonchev–Trinajstić information content (AvgIpc) is 2.76. The maximum absolute atomic E-state index is 12.3.